The van der Waals surface area contributed by atoms with Crippen molar-refractivity contribution in [1.29, 1.82) is 0 Å². The number of phenols is 2. The summed E-state index contributed by atoms with van der Waals surface area (Å²) in [5.41, 5.74) is 45.7. The summed E-state index contributed by atoms with van der Waals surface area (Å²) in [6.07, 6.45) is -1.56. The van der Waals surface area contributed by atoms with Crippen molar-refractivity contribution in [3.05, 3.63) is 59.7 Å². The van der Waals surface area contributed by atoms with Gasteiger partial charge >= 0.3 is 5.97 Å². The Bertz CT molecular complexity index is 3480. The quantitative estimate of drug-likeness (QED) is 0.0249. The van der Waals surface area contributed by atoms with Gasteiger partial charge in [-0.2, -0.15) is 0 Å². The van der Waals surface area contributed by atoms with Crippen LogP contribution in [0, 0.1) is 5.92 Å². The first-order chi connectivity index (χ1) is 50.7. The van der Waals surface area contributed by atoms with Crippen LogP contribution in [0.5, 0.6) is 11.5 Å². The number of carbonyl (C=O) groups is 14. The van der Waals surface area contributed by atoms with Gasteiger partial charge in [0.2, 0.25) is 76.8 Å². The Morgan fingerprint density at radius 2 is 0.916 bits per heavy atom. The number of fused-ring (bicyclic) bond motifs is 1. The SMILES string of the molecule is CC(C)C[C@@H]1NC(=O)[C@H](Cc2ccc(O)cc2)NC(=O)CSC[C@@H](C(N)=O)NC(=O)CNC(=O)CNC(=O)[C@H](CCCN=C(N)N)NC(=O)[C@H](CC(=O)O)NC(=O)[C@H](CCCCN)NC(=O)[C@@H]2CCCN2C(=O)[C@H](CCCN=C(N)N)NC(=O)[C@H](Cc2ccc(O)cc2)NC(=O)[C@H](CCCN=C(N)N)NC1=O. The number of rotatable bonds is 25. The van der Waals surface area contributed by atoms with Gasteiger partial charge in [0, 0.05) is 44.8 Å². The molecule has 30 N–H and O–H groups in total. The zero-order chi connectivity index (χ0) is 79.3. The number of nitrogens with two attached hydrogens (primary N) is 8. The summed E-state index contributed by atoms with van der Waals surface area (Å²) in [5.74, 6) is -16.3. The molecule has 40 nitrogen and oxygen atoms in total. The number of nitrogens with one attached hydrogen (secondary N) is 11. The molecule has 0 unspecified atom stereocenters. The average Bonchev–Trinajstić information content (AvgIpc) is 1.74. The van der Waals surface area contributed by atoms with Crippen LogP contribution in [0.15, 0.2) is 63.5 Å². The number of hydrogen-bond acceptors (Lipinski definition) is 21. The van der Waals surface area contributed by atoms with Crippen LogP contribution in [0.4, 0.5) is 0 Å². The summed E-state index contributed by atoms with van der Waals surface area (Å²) in [6.45, 7) is 1.76. The molecule has 10 atom stereocenters. The van der Waals surface area contributed by atoms with Crippen LogP contribution in [0.1, 0.15) is 108 Å². The molecule has 2 saturated heterocycles. The Hall–Kier alpha value is -11.3. The number of primary amides is 1. The molecule has 0 spiro atoms. The second-order valence-electron chi connectivity index (χ2n) is 25.9. The fraction of sp³-hybridized carbons (Fsp3) is 0.561. The van der Waals surface area contributed by atoms with E-state index < -0.39 is 168 Å². The molecule has 0 bridgehead atoms. The number of nitrogens with zero attached hydrogens (tertiary/aromatic N) is 4. The Kier molecular flexibility index (Phi) is 37.8. The van der Waals surface area contributed by atoms with E-state index in [1.807, 2.05) is 0 Å². The zero-order valence-corrected chi connectivity index (χ0v) is 60.6. The molecule has 2 aromatic rings. The molecular weight excluding hydrogens is 1420 g/mol. The lowest BCUT2D eigenvalue weighted by Crippen LogP contribution is -2.60. The second-order valence-corrected chi connectivity index (χ2v) is 26.9. The normalized spacial score (nSPS) is 22.9. The predicted octanol–water partition coefficient (Wildman–Crippen LogP) is -7.49. The largest absolute Gasteiger partial charge is 0.508 e. The highest BCUT2D eigenvalue weighted by atomic mass is 32.2. The van der Waals surface area contributed by atoms with E-state index in [1.54, 1.807) is 13.8 Å². The first-order valence-corrected chi connectivity index (χ1v) is 36.0. The lowest BCUT2D eigenvalue weighted by molar-refractivity contribution is -0.143. The Balaban J connectivity index is 1.86. The molecule has 590 valence electrons. The standard InChI is InChI=1S/C66H103N23O17S/c1-35(2)27-44-58(101)83-42(11-6-24-76-65(71)72)57(100)87-46(29-37-16-20-39(91)21-17-37)60(103)85-43(12-7-25-77-66(73)74)63(106)89-26-8-13-49(89)62(105)84-41(9-3-4-22-67)56(99)88-47(30-53(95)96)61(104)82-40(10-5-23-75-64(69)70)55(98)79-31-50(92)78-32-51(93)81-48(54(68)97)33-107-34-52(94)80-45(59(102)86-44)28-36-14-18-38(90)19-15-36/h14-21,35,40-49,90-91H,3-13,22-34,67H2,1-2H3,(H2,68,97)(H,78,92)(H,79,98)(H,80,94)(H,81,93)(H,82,104)(H,83,101)(H,84,105)(H,85,103)(H,86,102)(H,87,100)(H,88,99)(H,95,96)(H4,69,70,75)(H4,71,72,76)(H4,73,74,77)/t40-,41-,42-,43-,44-,45-,46-,47-,48-,49-/m0/s1. The molecule has 107 heavy (non-hydrogen) atoms. The fourth-order valence-corrected chi connectivity index (χ4v) is 12.1. The number of amides is 13. The molecule has 2 aliphatic heterocycles. The smallest absolute Gasteiger partial charge is 0.305 e. The van der Waals surface area contributed by atoms with E-state index >= 15 is 9.59 Å². The van der Waals surface area contributed by atoms with Crippen molar-refractivity contribution in [1.82, 2.24) is 63.4 Å². The molecule has 41 heteroatoms. The van der Waals surface area contributed by atoms with Crippen molar-refractivity contribution in [2.24, 2.45) is 66.8 Å². The summed E-state index contributed by atoms with van der Waals surface area (Å²) in [5, 5.41) is 58.1. The number of carboxylic acids is 1. The third-order valence-corrected chi connectivity index (χ3v) is 17.6. The monoisotopic (exact) mass is 1520 g/mol. The maximum absolute atomic E-state index is 15.1. The lowest BCUT2D eigenvalue weighted by atomic mass is 10.00. The summed E-state index contributed by atoms with van der Waals surface area (Å²) in [7, 11) is 0. The summed E-state index contributed by atoms with van der Waals surface area (Å²) < 4.78 is 0. The van der Waals surface area contributed by atoms with Gasteiger partial charge in [-0.15, -0.1) is 11.8 Å². The van der Waals surface area contributed by atoms with E-state index in [0.29, 0.717) is 17.5 Å². The number of aromatic hydroxyl groups is 2. The average molecular weight is 1520 g/mol. The van der Waals surface area contributed by atoms with Crippen LogP contribution >= 0.6 is 11.8 Å². The zero-order valence-electron chi connectivity index (χ0n) is 59.8. The Morgan fingerprint density at radius 3 is 1.41 bits per heavy atom. The molecule has 0 aliphatic carbocycles. The maximum Gasteiger partial charge on any atom is 0.305 e. The van der Waals surface area contributed by atoms with Gasteiger partial charge in [0.25, 0.3) is 0 Å². The number of benzene rings is 2. The predicted molar refractivity (Wildman–Crippen MR) is 393 cm³/mol. The van der Waals surface area contributed by atoms with Crippen LogP contribution in [-0.2, 0) is 80.0 Å². The van der Waals surface area contributed by atoms with E-state index in [0.717, 1.165) is 11.8 Å². The third-order valence-electron chi connectivity index (χ3n) is 16.6. The van der Waals surface area contributed by atoms with Crippen LogP contribution in [0.2, 0.25) is 0 Å². The van der Waals surface area contributed by atoms with Crippen LogP contribution in [-0.4, -0.2) is 239 Å². The van der Waals surface area contributed by atoms with Gasteiger partial charge in [0.05, 0.1) is 25.3 Å². The number of guanidine groups is 3. The van der Waals surface area contributed by atoms with Crippen molar-refractivity contribution in [2.75, 3.05) is 57.3 Å². The minimum Gasteiger partial charge on any atom is -0.508 e. The van der Waals surface area contributed by atoms with Crippen molar-refractivity contribution < 1.29 is 82.4 Å². The highest BCUT2D eigenvalue weighted by Gasteiger charge is 2.41. The molecule has 13 amide bonds. The number of carboxylic acid groups (broad SMARTS) is 1. The van der Waals surface area contributed by atoms with Gasteiger partial charge in [-0.3, -0.25) is 82.1 Å². The topological polar surface area (TPSA) is 680 Å². The van der Waals surface area contributed by atoms with Crippen LogP contribution in [0.25, 0.3) is 0 Å². The molecule has 4 rings (SSSR count). The van der Waals surface area contributed by atoms with Crippen LogP contribution < -0.4 is 104 Å². The minimum atomic E-state index is -1.94. The van der Waals surface area contributed by atoms with Gasteiger partial charge in [0.15, 0.2) is 17.9 Å². The van der Waals surface area contributed by atoms with E-state index in [4.69, 9.17) is 45.9 Å². The number of thioether (sulfide) groups is 1. The highest BCUT2D eigenvalue weighted by Crippen LogP contribution is 2.22. The first-order valence-electron chi connectivity index (χ1n) is 34.8. The number of unbranched alkanes of at least 4 members (excludes halogenated alkanes) is 1. The number of carbonyl (C=O) groups excluding carboxylic acids is 13. The van der Waals surface area contributed by atoms with E-state index in [2.05, 4.69) is 73.5 Å². The molecule has 0 radical (unpaired) electrons. The molecule has 2 aliphatic rings. The van der Waals surface area contributed by atoms with E-state index in [-0.39, 0.29) is 157 Å². The summed E-state index contributed by atoms with van der Waals surface area (Å²) in [6, 6.07) is -4.07. The van der Waals surface area contributed by atoms with Crippen molar-refractivity contribution in [3.63, 3.8) is 0 Å². The second kappa shape index (κ2) is 45.9. The molecular formula is C66H103N23O17S. The van der Waals surface area contributed by atoms with Crippen molar-refractivity contribution >= 4 is 112 Å². The Labute approximate surface area is 621 Å². The van der Waals surface area contributed by atoms with Gasteiger partial charge < -0.3 is 125 Å². The molecule has 0 aromatic heterocycles. The molecule has 0 saturated carbocycles. The fourth-order valence-electron chi connectivity index (χ4n) is 11.2. The molecule has 2 fully saturated rings. The van der Waals surface area contributed by atoms with Gasteiger partial charge in [-0.05, 0) is 125 Å². The van der Waals surface area contributed by atoms with Gasteiger partial charge in [-0.25, -0.2) is 0 Å². The van der Waals surface area contributed by atoms with E-state index in [9.17, 15) is 72.9 Å². The summed E-state index contributed by atoms with van der Waals surface area (Å²) >= 11 is 0.801. The van der Waals surface area contributed by atoms with Gasteiger partial charge in [-0.1, -0.05) is 38.1 Å². The number of hydrogen-bond donors (Lipinski definition) is 22. The highest BCUT2D eigenvalue weighted by molar-refractivity contribution is 8.00. The van der Waals surface area contributed by atoms with Crippen LogP contribution in [0.3, 0.4) is 0 Å². The maximum atomic E-state index is 15.1. The lowest BCUT2D eigenvalue weighted by Gasteiger charge is -2.31. The third kappa shape index (κ3) is 33.2. The van der Waals surface area contributed by atoms with E-state index in [1.165, 1.54) is 53.4 Å². The number of aliphatic carboxylic acids is 1. The molecule has 2 aromatic carbocycles. The minimum absolute atomic E-state index is 0.00682. The number of phenolic OH excluding ortho intramolecular Hbond substituents is 2. The van der Waals surface area contributed by atoms with Crippen molar-refractivity contribution in [3.8, 4) is 11.5 Å². The van der Waals surface area contributed by atoms with Crippen molar-refractivity contribution in [2.45, 2.75) is 171 Å². The number of aliphatic imine (C=N–C) groups is 3. The molecule has 2 heterocycles. The Morgan fingerprint density at radius 1 is 0.495 bits per heavy atom. The summed E-state index contributed by atoms with van der Waals surface area (Å²) in [4.78, 5) is 210. The van der Waals surface area contributed by atoms with Gasteiger partial charge in [0.1, 0.15) is 71.9 Å². The first kappa shape index (κ1) is 88.1.